The van der Waals surface area contributed by atoms with Crippen molar-refractivity contribution >= 4 is 11.8 Å². The second kappa shape index (κ2) is 9.57. The Morgan fingerprint density at radius 1 is 1.23 bits per heavy atom. The van der Waals surface area contributed by atoms with Gasteiger partial charge in [0.2, 0.25) is 0 Å². The van der Waals surface area contributed by atoms with Crippen LogP contribution in [-0.2, 0) is 11.3 Å². The number of carbonyl (C=O) groups excluding carboxylic acids is 1. The SMILES string of the molecule is C[C@H](c1ccc(-n2cncn2)cc1)N(C)C(=O)NCc1cccnc1N1CCOCC1. The molecular weight excluding hydrogens is 394 g/mol. The maximum Gasteiger partial charge on any atom is 0.317 e. The van der Waals surface area contributed by atoms with Gasteiger partial charge in [0.15, 0.2) is 0 Å². The number of benzene rings is 1. The van der Waals surface area contributed by atoms with E-state index in [1.165, 1.54) is 6.33 Å². The van der Waals surface area contributed by atoms with Gasteiger partial charge in [-0.05, 0) is 30.7 Å². The van der Waals surface area contributed by atoms with Crippen LogP contribution in [-0.4, -0.2) is 64.0 Å². The van der Waals surface area contributed by atoms with Gasteiger partial charge in [-0.15, -0.1) is 0 Å². The summed E-state index contributed by atoms with van der Waals surface area (Å²) in [6.45, 7) is 5.42. The summed E-state index contributed by atoms with van der Waals surface area (Å²) in [7, 11) is 1.80. The van der Waals surface area contributed by atoms with Gasteiger partial charge in [-0.2, -0.15) is 5.10 Å². The normalized spacial score (nSPS) is 14.8. The highest BCUT2D eigenvalue weighted by Gasteiger charge is 2.19. The maximum atomic E-state index is 12.8. The Bertz CT molecular complexity index is 985. The van der Waals surface area contributed by atoms with Crippen LogP contribution in [0.15, 0.2) is 55.2 Å². The molecule has 9 nitrogen and oxygen atoms in total. The number of amides is 2. The van der Waals surface area contributed by atoms with Gasteiger partial charge in [-0.1, -0.05) is 18.2 Å². The molecule has 2 amide bonds. The van der Waals surface area contributed by atoms with Gasteiger partial charge in [0, 0.05) is 38.4 Å². The van der Waals surface area contributed by atoms with Crippen molar-refractivity contribution in [1.29, 1.82) is 0 Å². The van der Waals surface area contributed by atoms with Crippen molar-refractivity contribution in [2.45, 2.75) is 19.5 Å². The molecular formula is C22H27N7O2. The minimum absolute atomic E-state index is 0.0857. The Morgan fingerprint density at radius 2 is 2.00 bits per heavy atom. The van der Waals surface area contributed by atoms with Crippen LogP contribution in [0.4, 0.5) is 10.6 Å². The number of hydrogen-bond acceptors (Lipinski definition) is 6. The predicted octanol–water partition coefficient (Wildman–Crippen LogP) is 2.40. The second-order valence-corrected chi connectivity index (χ2v) is 7.46. The molecule has 0 radical (unpaired) electrons. The van der Waals surface area contributed by atoms with Crippen molar-refractivity contribution in [1.82, 2.24) is 30.0 Å². The molecule has 162 valence electrons. The molecule has 1 atom stereocenters. The monoisotopic (exact) mass is 421 g/mol. The number of anilines is 1. The van der Waals surface area contributed by atoms with Gasteiger partial charge < -0.3 is 19.9 Å². The van der Waals surface area contributed by atoms with E-state index in [-0.39, 0.29) is 12.1 Å². The molecule has 1 aliphatic heterocycles. The van der Waals surface area contributed by atoms with Gasteiger partial charge in [-0.25, -0.2) is 19.4 Å². The third-order valence-electron chi connectivity index (χ3n) is 5.57. The van der Waals surface area contributed by atoms with E-state index in [0.29, 0.717) is 19.8 Å². The zero-order valence-electron chi connectivity index (χ0n) is 17.8. The molecule has 3 aromatic rings. The highest BCUT2D eigenvalue weighted by Crippen LogP contribution is 2.21. The fourth-order valence-electron chi connectivity index (χ4n) is 3.57. The number of nitrogens with one attached hydrogen (secondary N) is 1. The Morgan fingerprint density at radius 3 is 2.71 bits per heavy atom. The van der Waals surface area contributed by atoms with Gasteiger partial charge >= 0.3 is 6.03 Å². The molecule has 9 heteroatoms. The molecule has 0 saturated carbocycles. The lowest BCUT2D eigenvalue weighted by molar-refractivity contribution is 0.122. The number of rotatable bonds is 6. The molecule has 1 aromatic carbocycles. The third kappa shape index (κ3) is 4.83. The highest BCUT2D eigenvalue weighted by molar-refractivity contribution is 5.74. The molecule has 1 N–H and O–H groups in total. The number of nitrogens with zero attached hydrogens (tertiary/aromatic N) is 6. The van der Waals surface area contributed by atoms with Gasteiger partial charge in [0.1, 0.15) is 18.5 Å². The van der Waals surface area contributed by atoms with Crippen molar-refractivity contribution in [2.75, 3.05) is 38.3 Å². The van der Waals surface area contributed by atoms with E-state index < -0.39 is 0 Å². The lowest BCUT2D eigenvalue weighted by Crippen LogP contribution is -2.40. The summed E-state index contributed by atoms with van der Waals surface area (Å²) >= 11 is 0. The lowest BCUT2D eigenvalue weighted by atomic mass is 10.1. The van der Waals surface area contributed by atoms with E-state index in [2.05, 4.69) is 25.3 Å². The largest absolute Gasteiger partial charge is 0.378 e. The van der Waals surface area contributed by atoms with Gasteiger partial charge in [-0.3, -0.25) is 0 Å². The summed E-state index contributed by atoms with van der Waals surface area (Å²) in [4.78, 5) is 25.2. The zero-order chi connectivity index (χ0) is 21.6. The molecule has 31 heavy (non-hydrogen) atoms. The lowest BCUT2D eigenvalue weighted by Gasteiger charge is -2.30. The van der Waals surface area contributed by atoms with Crippen molar-refractivity contribution in [3.63, 3.8) is 0 Å². The Hall–Kier alpha value is -3.46. The average Bonchev–Trinajstić information content (AvgIpc) is 3.37. The van der Waals surface area contributed by atoms with Crippen LogP contribution in [0, 0.1) is 0 Å². The summed E-state index contributed by atoms with van der Waals surface area (Å²) in [6.07, 6.45) is 4.94. The van der Waals surface area contributed by atoms with Crippen LogP contribution in [0.5, 0.6) is 0 Å². The van der Waals surface area contributed by atoms with E-state index in [0.717, 1.165) is 35.7 Å². The summed E-state index contributed by atoms with van der Waals surface area (Å²) in [5.74, 6) is 0.908. The maximum absolute atomic E-state index is 12.8. The topological polar surface area (TPSA) is 88.4 Å². The predicted molar refractivity (Wildman–Crippen MR) is 117 cm³/mol. The van der Waals surface area contributed by atoms with E-state index in [1.807, 2.05) is 43.3 Å². The van der Waals surface area contributed by atoms with E-state index >= 15 is 0 Å². The first kappa shape index (κ1) is 20.8. The molecule has 4 rings (SSSR count). The van der Waals surface area contributed by atoms with Crippen molar-refractivity contribution in [2.24, 2.45) is 0 Å². The highest BCUT2D eigenvalue weighted by atomic mass is 16.5. The molecule has 0 aliphatic carbocycles. The van der Waals surface area contributed by atoms with Crippen LogP contribution in [0.25, 0.3) is 5.69 Å². The first-order valence-corrected chi connectivity index (χ1v) is 10.4. The molecule has 1 saturated heterocycles. The summed E-state index contributed by atoms with van der Waals surface area (Å²) in [6, 6.07) is 11.6. The summed E-state index contributed by atoms with van der Waals surface area (Å²) < 4.78 is 7.13. The fourth-order valence-corrected chi connectivity index (χ4v) is 3.57. The van der Waals surface area contributed by atoms with Crippen LogP contribution in [0.2, 0.25) is 0 Å². The average molecular weight is 422 g/mol. The third-order valence-corrected chi connectivity index (χ3v) is 5.57. The number of ether oxygens (including phenoxy) is 1. The van der Waals surface area contributed by atoms with Crippen molar-refractivity contribution in [3.8, 4) is 5.69 Å². The number of hydrogen-bond donors (Lipinski definition) is 1. The van der Waals surface area contributed by atoms with Gasteiger partial charge in [0.05, 0.1) is 24.9 Å². The van der Waals surface area contributed by atoms with Crippen LogP contribution >= 0.6 is 0 Å². The molecule has 1 fully saturated rings. The quantitative estimate of drug-likeness (QED) is 0.658. The standard InChI is InChI=1S/C22H27N7O2/c1-17(18-5-7-20(8-6-18)29-16-23-15-26-29)27(2)22(30)25-14-19-4-3-9-24-21(19)28-10-12-31-13-11-28/h3-9,15-17H,10-14H2,1-2H3,(H,25,30)/t17-/m1/s1. The van der Waals surface area contributed by atoms with Crippen molar-refractivity contribution < 1.29 is 9.53 Å². The van der Waals surface area contributed by atoms with E-state index in [1.54, 1.807) is 29.2 Å². The molecule has 3 heterocycles. The van der Waals surface area contributed by atoms with E-state index in [4.69, 9.17) is 4.74 Å². The minimum Gasteiger partial charge on any atom is -0.378 e. The number of carbonyl (C=O) groups is 1. The molecule has 1 aliphatic rings. The Labute approximate surface area is 181 Å². The summed E-state index contributed by atoms with van der Waals surface area (Å²) in [5.41, 5.74) is 2.96. The van der Waals surface area contributed by atoms with E-state index in [9.17, 15) is 4.79 Å². The van der Waals surface area contributed by atoms with Gasteiger partial charge in [0.25, 0.3) is 0 Å². The van der Waals surface area contributed by atoms with Crippen LogP contribution < -0.4 is 10.2 Å². The number of urea groups is 1. The van der Waals surface area contributed by atoms with Crippen molar-refractivity contribution in [3.05, 3.63) is 66.4 Å². The number of aromatic nitrogens is 4. The fraction of sp³-hybridized carbons (Fsp3) is 0.364. The number of pyridine rings is 1. The molecule has 0 spiro atoms. The Kier molecular flexibility index (Phi) is 6.42. The second-order valence-electron chi connectivity index (χ2n) is 7.46. The van der Waals surface area contributed by atoms with Crippen LogP contribution in [0.1, 0.15) is 24.1 Å². The zero-order valence-corrected chi connectivity index (χ0v) is 17.8. The molecule has 0 unspecified atom stereocenters. The minimum atomic E-state index is -0.135. The Balaban J connectivity index is 1.37. The molecule has 0 bridgehead atoms. The first-order chi connectivity index (χ1) is 15.1. The first-order valence-electron chi connectivity index (χ1n) is 10.4. The molecule has 2 aromatic heterocycles. The summed E-state index contributed by atoms with van der Waals surface area (Å²) in [5, 5.41) is 7.16. The smallest absolute Gasteiger partial charge is 0.317 e. The van der Waals surface area contributed by atoms with Crippen LogP contribution in [0.3, 0.4) is 0 Å². The number of morpholine rings is 1.